The second-order valence-corrected chi connectivity index (χ2v) is 15.3. The Hall–Kier alpha value is -8.07. The van der Waals surface area contributed by atoms with Crippen LogP contribution in [0.25, 0.3) is 0 Å². The number of hydrogen-bond donors (Lipinski definition) is 2. The maximum absolute atomic E-state index is 13.8. The topological polar surface area (TPSA) is 127 Å². The zero-order chi connectivity index (χ0) is 48.7. The van der Waals surface area contributed by atoms with Crippen LogP contribution in [0.3, 0.4) is 0 Å². The van der Waals surface area contributed by atoms with E-state index in [0.29, 0.717) is 29.1 Å². The molecule has 1 heterocycles. The highest BCUT2D eigenvalue weighted by Gasteiger charge is 2.49. The Morgan fingerprint density at radius 2 is 1.24 bits per heavy atom. The first-order valence-corrected chi connectivity index (χ1v) is 21.7. The van der Waals surface area contributed by atoms with E-state index in [2.05, 4.69) is 194 Å². The summed E-state index contributed by atoms with van der Waals surface area (Å²) in [4.78, 5) is 5.76. The number of terminal acetylenes is 1. The van der Waals surface area contributed by atoms with Gasteiger partial charge in [0.25, 0.3) is 0 Å². The highest BCUT2D eigenvalue weighted by atomic mass is 32.2. The van der Waals surface area contributed by atoms with Crippen LogP contribution < -0.4 is 9.64 Å². The van der Waals surface area contributed by atoms with Crippen LogP contribution >= 0.6 is 0 Å². The number of benzene rings is 2. The van der Waals surface area contributed by atoms with Crippen LogP contribution in [0.4, 0.5) is 5.69 Å². The third kappa shape index (κ3) is 23.4. The lowest BCUT2D eigenvalue weighted by Gasteiger charge is -2.40. The van der Waals surface area contributed by atoms with Crippen LogP contribution in [0.1, 0.15) is 108 Å². The Morgan fingerprint density at radius 3 is 1.61 bits per heavy atom. The first-order chi connectivity index (χ1) is 32.0. The number of nitrogens with zero attached hydrogens (tertiary/aromatic N) is 2. The van der Waals surface area contributed by atoms with E-state index in [4.69, 9.17) is 16.4 Å². The molecular formula is C55H82N2O8S2. The van der Waals surface area contributed by atoms with E-state index < -0.39 is 27.3 Å². The van der Waals surface area contributed by atoms with Crippen molar-refractivity contribution in [1.82, 2.24) is 0 Å². The molecule has 12 heteroatoms. The average molecular weight is 963 g/mol. The zero-order valence-electron chi connectivity index (χ0n) is 37.3. The van der Waals surface area contributed by atoms with Gasteiger partial charge in [0.1, 0.15) is 5.75 Å². The summed E-state index contributed by atoms with van der Waals surface area (Å²) in [6, 6.07) is 13.2. The van der Waals surface area contributed by atoms with Crippen LogP contribution in [0.15, 0.2) is 51.9 Å². The van der Waals surface area contributed by atoms with Crippen molar-refractivity contribution >= 4 is 27.9 Å². The molecule has 67 heavy (non-hydrogen) atoms. The van der Waals surface area contributed by atoms with Crippen molar-refractivity contribution in [2.75, 3.05) is 31.9 Å². The number of aliphatic hydroxyl groups excluding tert-OH is 1. The first-order valence-electron chi connectivity index (χ1n) is 19.7. The second kappa shape index (κ2) is 36.3. The van der Waals surface area contributed by atoms with Crippen molar-refractivity contribution in [3.63, 3.8) is 0 Å². The van der Waals surface area contributed by atoms with E-state index in [9.17, 15) is 13.5 Å². The molecule has 0 aromatic heterocycles. The summed E-state index contributed by atoms with van der Waals surface area (Å²) in [5.41, 5.74) is 1.78. The SMILES string of the molecule is C.C#CC#CC#CC#CC#CC#CC#CC#CC#CC#CC#CC#CC#CC.CCCCC1(CCCC)CS(=O)(=O)c2ccc(N(C)C)cc2[C@@H](c2cccc(OC)c2)[C@H]1O.OOOON=S.[HH].[HH].[HH].[HH].[HH].[HH].[HH].[HH].[HH].[HH].[HH].[HH].[HH].[HH].[HH].[HH].[HH]. The van der Waals surface area contributed by atoms with Gasteiger partial charge in [-0.1, -0.05) is 65.0 Å². The standard InChI is InChI=1S/C27H39NO4S.C27H4.CH4.HNO4S.17H2/c1-6-8-15-27(16-9-7-2)19-33(30,31)24-14-13-21(28(3)4)18-23(24)25(26(27)29)20-11-10-12-22(17-20)32-5;1-3-5-7-9-11-13-15-17-19-21-23-25-27-26-24-22-20-18-16-14-12-10-8-6-4-2;;2-4-5-3-1-6;;;;;;;;;;;;;;;;;/h10-14,17-18,25-26,29H,6-9,15-16,19H2,1-5H3;1H,2H3;1H4;2H;17*1H/t25-,26-;;;;;;;;;;;;;;;;;;;;/m1..................../s1. The predicted molar refractivity (Wildman–Crippen MR) is 301 cm³/mol. The molecular weight excluding hydrogens is 881 g/mol. The first kappa shape index (κ1) is 58.9. The summed E-state index contributed by atoms with van der Waals surface area (Å²) < 4.78 is 35.6. The minimum Gasteiger partial charge on any atom is -0.497 e. The molecule has 0 saturated heterocycles. The van der Waals surface area contributed by atoms with E-state index in [1.807, 2.05) is 55.4 Å². The summed E-state index contributed by atoms with van der Waals surface area (Å²) in [5.74, 6) is 62.1. The molecule has 2 N–H and O–H groups in total. The van der Waals surface area contributed by atoms with Gasteiger partial charge in [-0.25, -0.2) is 13.7 Å². The fourth-order valence-electron chi connectivity index (χ4n) is 6.01. The second-order valence-electron chi connectivity index (χ2n) is 13.2. The van der Waals surface area contributed by atoms with Gasteiger partial charge >= 0.3 is 0 Å². The summed E-state index contributed by atoms with van der Waals surface area (Å²) in [6.07, 6.45) is 9.18. The smallest absolute Gasteiger partial charge is 0.179 e. The number of unbranched alkanes of at least 4 members (excludes halogenated alkanes) is 2. The van der Waals surface area contributed by atoms with Crippen molar-refractivity contribution in [1.29, 1.82) is 0 Å². The molecule has 0 bridgehead atoms. The number of sulfone groups is 1. The average Bonchev–Trinajstić information content (AvgIpc) is 3.39. The fourth-order valence-corrected chi connectivity index (χ4v) is 8.22. The van der Waals surface area contributed by atoms with E-state index in [1.54, 1.807) is 20.1 Å². The van der Waals surface area contributed by atoms with Gasteiger partial charge in [0.15, 0.2) is 9.84 Å². The molecule has 0 unspecified atom stereocenters. The van der Waals surface area contributed by atoms with Crippen molar-refractivity contribution in [2.45, 2.75) is 83.6 Å². The summed E-state index contributed by atoms with van der Waals surface area (Å²) >= 11 is 3.80. The van der Waals surface area contributed by atoms with Crippen LogP contribution in [0.5, 0.6) is 5.75 Å². The number of anilines is 1. The van der Waals surface area contributed by atoms with E-state index >= 15 is 0 Å². The van der Waals surface area contributed by atoms with Gasteiger partial charge in [-0.05, 0) is 161 Å². The lowest BCUT2D eigenvalue weighted by atomic mass is 9.68. The summed E-state index contributed by atoms with van der Waals surface area (Å²) in [6.45, 7) is 5.92. The van der Waals surface area contributed by atoms with Crippen molar-refractivity contribution in [3.05, 3.63) is 53.6 Å². The molecule has 2 aromatic rings. The number of rotatable bonds is 12. The minimum absolute atomic E-state index is 0. The maximum Gasteiger partial charge on any atom is 0.179 e. The molecule has 0 saturated carbocycles. The molecule has 372 valence electrons. The quantitative estimate of drug-likeness (QED) is 0.0919. The Kier molecular flexibility index (Phi) is 31.9. The zero-order valence-corrected chi connectivity index (χ0v) is 38.9. The lowest BCUT2D eigenvalue weighted by molar-refractivity contribution is -0.623. The Bertz CT molecular complexity index is 3010. The van der Waals surface area contributed by atoms with Crippen LogP contribution in [0, 0.1) is 160 Å². The van der Waals surface area contributed by atoms with Gasteiger partial charge in [-0.15, -0.1) is 6.42 Å². The normalized spacial score (nSPS) is 12.6. The number of fused-ring (bicyclic) bond motifs is 1. The Morgan fingerprint density at radius 1 is 0.776 bits per heavy atom. The lowest BCUT2D eigenvalue weighted by Crippen LogP contribution is -2.43. The summed E-state index contributed by atoms with van der Waals surface area (Å²) in [7, 11) is 1.92. The molecule has 1 aliphatic rings. The van der Waals surface area contributed by atoms with Crippen LogP contribution in [0.2, 0.25) is 0 Å². The third-order valence-electron chi connectivity index (χ3n) is 8.77. The number of hydrogen-bond acceptors (Lipinski definition) is 11. The largest absolute Gasteiger partial charge is 0.497 e. The number of methoxy groups -OCH3 is 1. The van der Waals surface area contributed by atoms with Gasteiger partial charge in [-0.3, -0.25) is 0 Å². The van der Waals surface area contributed by atoms with Crippen LogP contribution in [-0.2, 0) is 37.3 Å². The van der Waals surface area contributed by atoms with Crippen molar-refractivity contribution in [2.24, 2.45) is 9.94 Å². The molecule has 0 aliphatic carbocycles. The van der Waals surface area contributed by atoms with E-state index in [1.165, 1.54) is 0 Å². The van der Waals surface area contributed by atoms with Gasteiger partial charge in [-0.2, -0.15) is 4.99 Å². The van der Waals surface area contributed by atoms with Gasteiger partial charge in [0, 0.05) is 112 Å². The number of aliphatic hydroxyl groups is 1. The predicted octanol–water partition coefficient (Wildman–Crippen LogP) is 10.9. The molecule has 2 aromatic carbocycles. The molecule has 10 nitrogen and oxygen atoms in total. The molecule has 0 amide bonds. The molecule has 3 rings (SSSR count). The molecule has 0 fully saturated rings. The van der Waals surface area contributed by atoms with Gasteiger partial charge in [0.2, 0.25) is 0 Å². The highest BCUT2D eigenvalue weighted by molar-refractivity contribution is 7.91. The van der Waals surface area contributed by atoms with Gasteiger partial charge in [0.05, 0.1) is 36.3 Å². The van der Waals surface area contributed by atoms with E-state index in [-0.39, 0.29) is 37.4 Å². The maximum atomic E-state index is 13.8. The molecule has 0 radical (unpaired) electrons. The highest BCUT2D eigenvalue weighted by Crippen LogP contribution is 2.50. The minimum atomic E-state index is -3.59. The third-order valence-corrected chi connectivity index (χ3v) is 10.8. The van der Waals surface area contributed by atoms with Crippen molar-refractivity contribution in [3.8, 4) is 160 Å². The fraction of sp³-hybridized carbons (Fsp3) is 0.309. The van der Waals surface area contributed by atoms with E-state index in [0.717, 1.165) is 36.9 Å². The Balaban J connectivity index is -0.0000000498. The molecule has 1 aliphatic heterocycles. The monoisotopic (exact) mass is 963 g/mol. The molecule has 2 atom stereocenters. The van der Waals surface area contributed by atoms with Crippen LogP contribution in [-0.4, -0.2) is 51.8 Å². The Labute approximate surface area is 429 Å². The number of ether oxygens (including phenoxy) is 1. The summed E-state index contributed by atoms with van der Waals surface area (Å²) in [5, 5.41) is 25.5. The van der Waals surface area contributed by atoms with Gasteiger partial charge < -0.3 is 14.7 Å². The molecule has 0 spiro atoms. The van der Waals surface area contributed by atoms with Crippen molar-refractivity contribution < 1.29 is 62.8 Å².